The SMILES string of the molecule is COc1cc(CN(CCc2ccccn2)C(=O)CCc2ccccc2)ccc1OCc1ccccc1.COc1cc(CN(CCc2ccccn2)C(=O)c2cccc(Cl)c2)ccc1OCc1ccccc1.COc1cc(CN(CCc2ccccn2)Cc2ccc(OCc3ccccc3)c(OC)c2)ccc1OCc1ccccc1. The van der Waals surface area contributed by atoms with Crippen LogP contribution in [0.15, 0.2) is 322 Å². The molecule has 582 valence electrons. The number of ether oxygens (including phenoxy) is 8. The van der Waals surface area contributed by atoms with Gasteiger partial charge in [-0.3, -0.25) is 29.4 Å². The highest BCUT2D eigenvalue weighted by Crippen LogP contribution is 2.35. The largest absolute Gasteiger partial charge is 0.493 e. The van der Waals surface area contributed by atoms with Crippen LogP contribution in [0.25, 0.3) is 0 Å². The van der Waals surface area contributed by atoms with Crippen molar-refractivity contribution in [1.82, 2.24) is 29.7 Å². The van der Waals surface area contributed by atoms with Crippen LogP contribution in [0.3, 0.4) is 0 Å². The van der Waals surface area contributed by atoms with Crippen LogP contribution in [0.2, 0.25) is 5.02 Å². The molecule has 0 fully saturated rings. The van der Waals surface area contributed by atoms with Crippen molar-refractivity contribution in [1.29, 1.82) is 0 Å². The molecule has 0 aliphatic heterocycles. The highest BCUT2D eigenvalue weighted by Gasteiger charge is 2.21. The van der Waals surface area contributed by atoms with E-state index in [2.05, 4.69) is 86.6 Å². The maximum atomic E-state index is 13.4. The predicted molar refractivity (Wildman–Crippen MR) is 449 cm³/mol. The lowest BCUT2D eigenvalue weighted by molar-refractivity contribution is -0.131. The first kappa shape index (κ1) is 82.2. The van der Waals surface area contributed by atoms with Crippen molar-refractivity contribution in [2.24, 2.45) is 0 Å². The highest BCUT2D eigenvalue weighted by molar-refractivity contribution is 6.31. The van der Waals surface area contributed by atoms with Crippen molar-refractivity contribution in [3.8, 4) is 46.0 Å². The van der Waals surface area contributed by atoms with Crippen molar-refractivity contribution in [3.63, 3.8) is 0 Å². The fourth-order valence-corrected chi connectivity index (χ4v) is 12.8. The second kappa shape index (κ2) is 44.9. The molecule has 13 rings (SSSR count). The molecule has 0 bridgehead atoms. The molecule has 114 heavy (non-hydrogen) atoms. The summed E-state index contributed by atoms with van der Waals surface area (Å²) in [5, 5.41) is 0.530. The van der Waals surface area contributed by atoms with Crippen LogP contribution in [0.4, 0.5) is 0 Å². The van der Waals surface area contributed by atoms with Gasteiger partial charge in [0, 0.05) is 118 Å². The summed E-state index contributed by atoms with van der Waals surface area (Å²) in [6.45, 7) is 6.19. The molecule has 3 aromatic heterocycles. The van der Waals surface area contributed by atoms with E-state index in [0.717, 1.165) is 123 Å². The lowest BCUT2D eigenvalue weighted by atomic mass is 10.1. The molecule has 0 saturated heterocycles. The van der Waals surface area contributed by atoms with E-state index in [9.17, 15) is 9.59 Å². The van der Waals surface area contributed by atoms with Crippen molar-refractivity contribution in [2.75, 3.05) is 48.1 Å². The zero-order valence-electron chi connectivity index (χ0n) is 65.1. The average molecular weight is 1540 g/mol. The zero-order chi connectivity index (χ0) is 79.2. The molecule has 16 nitrogen and oxygen atoms in total. The number of benzene rings is 10. The van der Waals surface area contributed by atoms with Gasteiger partial charge in [-0.15, -0.1) is 0 Å². The maximum Gasteiger partial charge on any atom is 0.254 e. The molecule has 13 aromatic rings. The first-order valence-corrected chi connectivity index (χ1v) is 38.5. The second-order valence-electron chi connectivity index (χ2n) is 27.0. The molecule has 0 N–H and O–H groups in total. The number of aryl methyl sites for hydroxylation is 1. The molecule has 0 saturated carbocycles. The maximum absolute atomic E-state index is 13.4. The van der Waals surface area contributed by atoms with Crippen molar-refractivity contribution < 1.29 is 47.5 Å². The number of carbonyl (C=O) groups excluding carboxylic acids is 2. The first-order chi connectivity index (χ1) is 56.0. The molecule has 0 radical (unpaired) electrons. The van der Waals surface area contributed by atoms with Gasteiger partial charge in [-0.2, -0.15) is 0 Å². The molecule has 0 atom stereocenters. The number of hydrogen-bond donors (Lipinski definition) is 0. The number of halogens is 1. The minimum absolute atomic E-state index is 0.0909. The van der Waals surface area contributed by atoms with Gasteiger partial charge in [0.2, 0.25) is 5.91 Å². The van der Waals surface area contributed by atoms with E-state index in [1.54, 1.807) is 70.0 Å². The number of nitrogens with zero attached hydrogens (tertiary/aromatic N) is 6. The van der Waals surface area contributed by atoms with Crippen LogP contribution in [0, 0.1) is 0 Å². The van der Waals surface area contributed by atoms with Gasteiger partial charge in [0.25, 0.3) is 5.91 Å². The van der Waals surface area contributed by atoms with E-state index in [-0.39, 0.29) is 11.8 Å². The number of hydrogen-bond acceptors (Lipinski definition) is 14. The summed E-state index contributed by atoms with van der Waals surface area (Å²) in [5.74, 6) is 5.55. The van der Waals surface area contributed by atoms with E-state index >= 15 is 0 Å². The Hall–Kier alpha value is -12.8. The van der Waals surface area contributed by atoms with Crippen LogP contribution >= 0.6 is 11.6 Å². The summed E-state index contributed by atoms with van der Waals surface area (Å²) in [5.41, 5.74) is 13.3. The van der Waals surface area contributed by atoms with E-state index in [1.165, 1.54) is 0 Å². The Bertz CT molecular complexity index is 4910. The molecule has 0 spiro atoms. The minimum Gasteiger partial charge on any atom is -0.493 e. The molecule has 0 aliphatic rings. The number of amides is 2. The molecular weight excluding hydrogens is 1440 g/mol. The monoisotopic (exact) mass is 1540 g/mol. The molecular formula is C97H97ClN6O10. The third-order valence-corrected chi connectivity index (χ3v) is 19.0. The lowest BCUT2D eigenvalue weighted by Crippen LogP contribution is -2.32. The first-order valence-electron chi connectivity index (χ1n) is 38.2. The third kappa shape index (κ3) is 26.7. The number of aromatic nitrogens is 3. The van der Waals surface area contributed by atoms with Gasteiger partial charge in [-0.1, -0.05) is 212 Å². The Balaban J connectivity index is 0.000000170. The number of rotatable bonds is 37. The van der Waals surface area contributed by atoms with E-state index < -0.39 is 0 Å². The van der Waals surface area contributed by atoms with Crippen molar-refractivity contribution in [3.05, 3.63) is 400 Å². The second-order valence-corrected chi connectivity index (χ2v) is 27.4. The Morgan fingerprint density at radius 2 is 0.623 bits per heavy atom. The van der Waals surface area contributed by atoms with Crippen LogP contribution in [0.1, 0.15) is 83.9 Å². The summed E-state index contributed by atoms with van der Waals surface area (Å²) < 4.78 is 46.8. The Kier molecular flexibility index (Phi) is 32.4. The van der Waals surface area contributed by atoms with E-state index in [1.807, 2.05) is 223 Å². The van der Waals surface area contributed by atoms with Crippen molar-refractivity contribution >= 4 is 23.4 Å². The standard InChI is InChI=1S/C37H38N2O4.C31H32N2O3.C29H27ClN2O3/c1-40-36-23-31(16-18-34(36)42-27-29-11-5-3-6-12-29)25-39(22-20-33-15-9-10-21-38-33)26-32-17-19-35(37(24-32)41-2)43-28-30-13-7-4-8-14-30;1-35-30-22-27(15-17-29(30)36-24-26-12-6-3-7-13-26)23-33(21-19-28-14-8-9-20-32-28)31(34)18-16-25-10-4-2-5-11-25;1-34-28-18-23(13-14-27(28)35-21-22-8-3-2-4-9-22)20-32(17-15-26-12-5-6-16-31-26)29(33)24-10-7-11-25(30)19-24/h3-19,21,23-24H,20,22,25-28H2,1-2H3;2-15,17,20,22H,16,18-19,21,23-24H2,1H3;2-14,16,18-19H,15,17,20-21H2,1H3. The summed E-state index contributed by atoms with van der Waals surface area (Å²) >= 11 is 6.15. The summed E-state index contributed by atoms with van der Waals surface area (Å²) in [7, 11) is 6.62. The average Bonchev–Trinajstić information content (AvgIpc) is 0.877. The molecule has 17 heteroatoms. The summed E-state index contributed by atoms with van der Waals surface area (Å²) in [6, 6.07) is 99.1. The van der Waals surface area contributed by atoms with Crippen molar-refractivity contribution in [2.45, 2.75) is 84.7 Å². The number of carbonyl (C=O) groups is 2. The van der Waals surface area contributed by atoms with E-state index in [0.29, 0.717) is 105 Å². The van der Waals surface area contributed by atoms with Gasteiger partial charge in [-0.25, -0.2) is 0 Å². The highest BCUT2D eigenvalue weighted by atomic mass is 35.5. The zero-order valence-corrected chi connectivity index (χ0v) is 65.8. The third-order valence-electron chi connectivity index (χ3n) is 18.7. The van der Waals surface area contributed by atoms with Crippen LogP contribution in [-0.2, 0) is 83.1 Å². The van der Waals surface area contributed by atoms with Crippen LogP contribution < -0.4 is 37.9 Å². The molecule has 0 aliphatic carbocycles. The van der Waals surface area contributed by atoms with Gasteiger partial charge in [-0.05, 0) is 160 Å². The predicted octanol–water partition coefficient (Wildman–Crippen LogP) is 19.6. The van der Waals surface area contributed by atoms with E-state index in [4.69, 9.17) is 49.5 Å². The smallest absolute Gasteiger partial charge is 0.254 e. The minimum atomic E-state index is -0.0909. The number of pyridine rings is 3. The molecule has 0 unspecified atom stereocenters. The summed E-state index contributed by atoms with van der Waals surface area (Å²) in [4.78, 5) is 46.1. The van der Waals surface area contributed by atoms with Crippen LogP contribution in [-0.4, -0.2) is 89.5 Å². The Morgan fingerprint density at radius 3 is 0.965 bits per heavy atom. The van der Waals surface area contributed by atoms with Crippen LogP contribution in [0.5, 0.6) is 46.0 Å². The van der Waals surface area contributed by atoms with Gasteiger partial charge >= 0.3 is 0 Å². The fraction of sp³-hybridized carbons (Fsp3) is 0.206. The fourth-order valence-electron chi connectivity index (χ4n) is 12.6. The topological polar surface area (TPSA) is 156 Å². The van der Waals surface area contributed by atoms with Gasteiger partial charge in [0.05, 0.1) is 28.4 Å². The quantitative estimate of drug-likeness (QED) is 0.0362. The Morgan fingerprint density at radius 1 is 0.298 bits per heavy atom. The normalized spacial score (nSPS) is 10.7. The molecule has 10 aromatic carbocycles. The summed E-state index contributed by atoms with van der Waals surface area (Å²) in [6.07, 6.45) is 8.75. The van der Waals surface area contributed by atoms with Gasteiger partial charge in [0.15, 0.2) is 46.0 Å². The lowest BCUT2D eigenvalue weighted by Gasteiger charge is -2.24. The molecule has 2 amide bonds. The number of methoxy groups -OCH3 is 4. The molecule has 3 heterocycles. The Labute approximate surface area is 675 Å². The van der Waals surface area contributed by atoms with Gasteiger partial charge < -0.3 is 47.7 Å². The van der Waals surface area contributed by atoms with Gasteiger partial charge in [0.1, 0.15) is 26.4 Å².